The molecule has 0 spiro atoms. The number of aromatic nitrogens is 1. The quantitative estimate of drug-likeness (QED) is 0.362. The predicted molar refractivity (Wildman–Crippen MR) is 76.4 cm³/mol. The monoisotopic (exact) mass is 298 g/mol. The van der Waals surface area contributed by atoms with Crippen LogP contribution >= 0.6 is 11.6 Å². The van der Waals surface area contributed by atoms with Crippen LogP contribution in [-0.2, 0) is 9.31 Å². The Kier molecular flexibility index (Phi) is 3.56. The molecule has 6 nitrogen and oxygen atoms in total. The molecule has 20 heavy (non-hydrogen) atoms. The van der Waals surface area contributed by atoms with E-state index in [9.17, 15) is 10.1 Å². The maximum Gasteiger partial charge on any atom is 0.496 e. The molecule has 0 aromatic carbocycles. The number of hydrogen-bond donors (Lipinski definition) is 0. The van der Waals surface area contributed by atoms with Gasteiger partial charge in [-0.15, -0.1) is 0 Å². The van der Waals surface area contributed by atoms with E-state index in [-0.39, 0.29) is 10.8 Å². The highest BCUT2D eigenvalue weighted by Gasteiger charge is 2.52. The number of nitrogens with zero attached hydrogens (tertiary/aromatic N) is 2. The highest BCUT2D eigenvalue weighted by atomic mass is 35.5. The average molecular weight is 299 g/mol. The van der Waals surface area contributed by atoms with Crippen LogP contribution in [0.3, 0.4) is 0 Å². The fourth-order valence-corrected chi connectivity index (χ4v) is 2.26. The highest BCUT2D eigenvalue weighted by molar-refractivity contribution is 6.62. The van der Waals surface area contributed by atoms with Crippen LogP contribution in [-0.4, -0.2) is 28.2 Å². The maximum atomic E-state index is 11.1. The van der Waals surface area contributed by atoms with Gasteiger partial charge in [0.25, 0.3) is 0 Å². The van der Waals surface area contributed by atoms with Crippen LogP contribution in [0.4, 0.5) is 5.69 Å². The van der Waals surface area contributed by atoms with Gasteiger partial charge < -0.3 is 9.31 Å². The summed E-state index contributed by atoms with van der Waals surface area (Å²) in [6, 6.07) is 0. The lowest BCUT2D eigenvalue weighted by atomic mass is 9.77. The van der Waals surface area contributed by atoms with Gasteiger partial charge in [-0.3, -0.25) is 10.1 Å². The van der Waals surface area contributed by atoms with Crippen LogP contribution in [0.5, 0.6) is 0 Å². The zero-order valence-corrected chi connectivity index (χ0v) is 12.8. The van der Waals surface area contributed by atoms with Gasteiger partial charge in [-0.2, -0.15) is 0 Å². The SMILES string of the molecule is Cc1c(B2OC(C)(C)C(C)(C)O2)cnc(Cl)c1[N+](=O)[O-]. The molecule has 0 unspecified atom stereocenters. The number of halogens is 1. The zero-order valence-electron chi connectivity index (χ0n) is 12.1. The molecule has 0 bridgehead atoms. The first-order valence-electron chi connectivity index (χ1n) is 6.22. The van der Waals surface area contributed by atoms with E-state index in [1.54, 1.807) is 6.92 Å². The van der Waals surface area contributed by atoms with Crippen molar-refractivity contribution in [2.45, 2.75) is 45.8 Å². The van der Waals surface area contributed by atoms with Crippen LogP contribution in [0.15, 0.2) is 6.20 Å². The van der Waals surface area contributed by atoms with Crippen LogP contribution in [0.1, 0.15) is 33.3 Å². The molecule has 0 saturated carbocycles. The van der Waals surface area contributed by atoms with Crippen LogP contribution in [0.25, 0.3) is 0 Å². The van der Waals surface area contributed by atoms with Crippen molar-refractivity contribution in [3.8, 4) is 0 Å². The summed E-state index contributed by atoms with van der Waals surface area (Å²) < 4.78 is 11.8. The van der Waals surface area contributed by atoms with E-state index in [1.807, 2.05) is 27.7 Å². The standard InChI is InChI=1S/C12H16BClN2O4/c1-7-8(6-15-10(14)9(7)16(17)18)13-19-11(2,3)12(4,5)20-13/h6H,1-5H3. The fourth-order valence-electron chi connectivity index (χ4n) is 2.00. The molecule has 0 aliphatic carbocycles. The Hall–Kier alpha value is -1.18. The maximum absolute atomic E-state index is 11.1. The Bertz CT molecular complexity index is 561. The Morgan fingerprint density at radius 1 is 1.30 bits per heavy atom. The second-order valence-corrected chi connectivity index (χ2v) is 6.18. The lowest BCUT2D eigenvalue weighted by molar-refractivity contribution is -0.385. The normalized spacial score (nSPS) is 20.2. The fraction of sp³-hybridized carbons (Fsp3) is 0.583. The Morgan fingerprint density at radius 2 is 1.80 bits per heavy atom. The minimum absolute atomic E-state index is 0.132. The van der Waals surface area contributed by atoms with Gasteiger partial charge in [-0.05, 0) is 34.6 Å². The van der Waals surface area contributed by atoms with E-state index in [1.165, 1.54) is 6.20 Å². The Balaban J connectivity index is 2.46. The molecular weight excluding hydrogens is 282 g/mol. The average Bonchev–Trinajstić information content (AvgIpc) is 2.47. The first kappa shape index (κ1) is 15.2. The Labute approximate surface area is 122 Å². The minimum atomic E-state index is -0.691. The first-order chi connectivity index (χ1) is 9.07. The van der Waals surface area contributed by atoms with Gasteiger partial charge in [0.15, 0.2) is 0 Å². The molecule has 2 heterocycles. The summed E-state index contributed by atoms with van der Waals surface area (Å²) >= 11 is 5.78. The number of rotatable bonds is 2. The van der Waals surface area contributed by atoms with Gasteiger partial charge in [0, 0.05) is 17.2 Å². The summed E-state index contributed by atoms with van der Waals surface area (Å²) in [5.74, 6) is 0. The first-order valence-corrected chi connectivity index (χ1v) is 6.59. The number of nitro groups is 1. The summed E-state index contributed by atoms with van der Waals surface area (Å²) in [4.78, 5) is 14.4. The molecule has 1 aliphatic rings. The molecule has 0 N–H and O–H groups in total. The lowest BCUT2D eigenvalue weighted by Gasteiger charge is -2.32. The van der Waals surface area contributed by atoms with Crippen LogP contribution in [0.2, 0.25) is 5.15 Å². The molecule has 8 heteroatoms. The molecule has 1 aromatic heterocycles. The largest absolute Gasteiger partial charge is 0.496 e. The molecule has 1 fully saturated rings. The van der Waals surface area contributed by atoms with Gasteiger partial charge in [0.2, 0.25) is 5.15 Å². The molecule has 1 aliphatic heterocycles. The van der Waals surface area contributed by atoms with Crippen molar-refractivity contribution in [3.05, 3.63) is 27.0 Å². The zero-order chi connectivity index (χ0) is 15.3. The van der Waals surface area contributed by atoms with Crippen molar-refractivity contribution in [1.82, 2.24) is 4.98 Å². The molecular formula is C12H16BClN2O4. The topological polar surface area (TPSA) is 74.5 Å². The molecule has 0 radical (unpaired) electrons. The van der Waals surface area contributed by atoms with Gasteiger partial charge >= 0.3 is 12.8 Å². The van der Waals surface area contributed by atoms with E-state index >= 15 is 0 Å². The molecule has 0 atom stereocenters. The van der Waals surface area contributed by atoms with E-state index in [2.05, 4.69) is 4.98 Å². The summed E-state index contributed by atoms with van der Waals surface area (Å²) in [7, 11) is -0.691. The van der Waals surface area contributed by atoms with Crippen molar-refractivity contribution in [2.75, 3.05) is 0 Å². The molecule has 0 amide bonds. The summed E-state index contributed by atoms with van der Waals surface area (Å²) in [6.07, 6.45) is 1.47. The summed E-state index contributed by atoms with van der Waals surface area (Å²) in [5, 5.41) is 10.9. The number of pyridine rings is 1. The third kappa shape index (κ3) is 2.30. The van der Waals surface area contributed by atoms with Gasteiger partial charge in [0.1, 0.15) is 0 Å². The van der Waals surface area contributed by atoms with E-state index in [0.29, 0.717) is 11.0 Å². The van der Waals surface area contributed by atoms with Gasteiger partial charge in [0.05, 0.1) is 16.1 Å². The molecule has 2 rings (SSSR count). The second kappa shape index (κ2) is 4.68. The van der Waals surface area contributed by atoms with Crippen LogP contribution in [0, 0.1) is 17.0 Å². The van der Waals surface area contributed by atoms with Crippen LogP contribution < -0.4 is 5.46 Å². The third-order valence-electron chi connectivity index (χ3n) is 3.99. The van der Waals surface area contributed by atoms with Crippen molar-refractivity contribution < 1.29 is 14.2 Å². The summed E-state index contributed by atoms with van der Waals surface area (Å²) in [5.41, 5.74) is -0.302. The minimum Gasteiger partial charge on any atom is -0.399 e. The van der Waals surface area contributed by atoms with Crippen molar-refractivity contribution >= 4 is 29.9 Å². The van der Waals surface area contributed by atoms with Gasteiger partial charge in [-0.25, -0.2) is 4.98 Å². The Morgan fingerprint density at radius 3 is 2.25 bits per heavy atom. The molecule has 108 valence electrons. The van der Waals surface area contributed by atoms with Gasteiger partial charge in [-0.1, -0.05) is 11.6 Å². The number of hydrogen-bond acceptors (Lipinski definition) is 5. The van der Waals surface area contributed by atoms with Crippen molar-refractivity contribution in [1.29, 1.82) is 0 Å². The molecule has 1 saturated heterocycles. The van der Waals surface area contributed by atoms with Crippen molar-refractivity contribution in [2.24, 2.45) is 0 Å². The van der Waals surface area contributed by atoms with Crippen molar-refractivity contribution in [3.63, 3.8) is 0 Å². The van der Waals surface area contributed by atoms with E-state index in [0.717, 1.165) is 0 Å². The summed E-state index contributed by atoms with van der Waals surface area (Å²) in [6.45, 7) is 9.28. The molecule has 1 aromatic rings. The smallest absolute Gasteiger partial charge is 0.399 e. The van der Waals surface area contributed by atoms with E-state index in [4.69, 9.17) is 20.9 Å². The second-order valence-electron chi connectivity index (χ2n) is 5.82. The van der Waals surface area contributed by atoms with E-state index < -0.39 is 23.2 Å². The lowest BCUT2D eigenvalue weighted by Crippen LogP contribution is -2.41. The third-order valence-corrected chi connectivity index (χ3v) is 4.27. The predicted octanol–water partition coefficient (Wildman–Crippen LogP) is 2.25. The highest BCUT2D eigenvalue weighted by Crippen LogP contribution is 2.37.